The van der Waals surface area contributed by atoms with E-state index in [9.17, 15) is 4.79 Å². The van der Waals surface area contributed by atoms with E-state index in [0.29, 0.717) is 5.56 Å². The average molecular weight is 223 g/mol. The van der Waals surface area contributed by atoms with Crippen LogP contribution in [0.2, 0.25) is 0 Å². The fourth-order valence-electron chi connectivity index (χ4n) is 1.49. The zero-order valence-electron chi connectivity index (χ0n) is 9.39. The first-order valence-corrected chi connectivity index (χ1v) is 5.38. The summed E-state index contributed by atoms with van der Waals surface area (Å²) in [5, 5.41) is 0. The summed E-state index contributed by atoms with van der Waals surface area (Å²) < 4.78 is 0. The summed E-state index contributed by atoms with van der Waals surface area (Å²) in [6.45, 7) is 3.67. The van der Waals surface area contributed by atoms with Crippen LogP contribution in [0.3, 0.4) is 0 Å². The molecule has 0 aliphatic heterocycles. The maximum Gasteiger partial charge on any atom is 0.185 e. The lowest BCUT2D eigenvalue weighted by Gasteiger charge is -1.96. The number of rotatable bonds is 4. The molecule has 0 spiro atoms. The molecule has 0 aliphatic carbocycles. The molecule has 0 fully saturated rings. The van der Waals surface area contributed by atoms with E-state index < -0.39 is 0 Å². The molecule has 1 aromatic carbocycles. The minimum atomic E-state index is -0.00443. The summed E-state index contributed by atoms with van der Waals surface area (Å²) >= 11 is 0. The maximum atomic E-state index is 11.8. The fourth-order valence-corrected chi connectivity index (χ4v) is 1.49. The van der Waals surface area contributed by atoms with Crippen LogP contribution in [0.15, 0.2) is 55.3 Å². The lowest BCUT2D eigenvalue weighted by atomic mass is 10.1. The Bertz CT molecular complexity index is 533. The van der Waals surface area contributed by atoms with Gasteiger partial charge in [-0.1, -0.05) is 36.9 Å². The highest BCUT2D eigenvalue weighted by molar-refractivity contribution is 6.06. The van der Waals surface area contributed by atoms with Gasteiger partial charge in [0.05, 0.1) is 0 Å². The fraction of sp³-hybridized carbons (Fsp3) is 0. The van der Waals surface area contributed by atoms with Crippen LogP contribution < -0.4 is 0 Å². The number of benzene rings is 1. The van der Waals surface area contributed by atoms with Crippen molar-refractivity contribution in [2.75, 3.05) is 0 Å². The molecule has 0 atom stereocenters. The molecule has 0 saturated heterocycles. The molecule has 0 radical (unpaired) electrons. The average Bonchev–Trinajstić information content (AvgIpc) is 2.89. The molecule has 0 amide bonds. The van der Waals surface area contributed by atoms with Crippen LogP contribution in [0.25, 0.3) is 12.2 Å². The molecule has 1 N–H and O–H groups in total. The molecule has 2 nitrogen and oxygen atoms in total. The molecule has 0 bridgehead atoms. The Balaban J connectivity index is 2.11. The second-order valence-electron chi connectivity index (χ2n) is 3.65. The number of carbonyl (C=O) groups is 1. The molecule has 1 aromatic heterocycles. The Labute approximate surface area is 100 Å². The van der Waals surface area contributed by atoms with Gasteiger partial charge < -0.3 is 4.98 Å². The molecule has 2 rings (SSSR count). The third kappa shape index (κ3) is 2.82. The van der Waals surface area contributed by atoms with Crippen molar-refractivity contribution in [2.45, 2.75) is 0 Å². The minimum Gasteiger partial charge on any atom is -0.362 e. The van der Waals surface area contributed by atoms with Gasteiger partial charge in [0.25, 0.3) is 0 Å². The first-order chi connectivity index (χ1) is 8.29. The van der Waals surface area contributed by atoms with E-state index in [-0.39, 0.29) is 5.78 Å². The van der Waals surface area contributed by atoms with E-state index >= 15 is 0 Å². The van der Waals surface area contributed by atoms with Gasteiger partial charge in [-0.05, 0) is 29.8 Å². The molecule has 0 aliphatic rings. The Kier molecular flexibility index (Phi) is 3.36. The number of hydrogen-bond donors (Lipinski definition) is 1. The SMILES string of the molecule is C=Cc1ccc(C(=O)C=Cc2ccc[nH]2)cc1. The first-order valence-electron chi connectivity index (χ1n) is 5.38. The number of H-pyrrole nitrogens is 1. The summed E-state index contributed by atoms with van der Waals surface area (Å²) in [6.07, 6.45) is 6.91. The number of carbonyl (C=O) groups excluding carboxylic acids is 1. The third-order valence-corrected chi connectivity index (χ3v) is 2.47. The summed E-state index contributed by atoms with van der Waals surface area (Å²) in [6, 6.07) is 11.2. The zero-order valence-corrected chi connectivity index (χ0v) is 9.39. The van der Waals surface area contributed by atoms with Gasteiger partial charge >= 0.3 is 0 Å². The Morgan fingerprint density at radius 3 is 2.53 bits per heavy atom. The Morgan fingerprint density at radius 1 is 1.18 bits per heavy atom. The van der Waals surface area contributed by atoms with Crippen molar-refractivity contribution >= 4 is 17.9 Å². The van der Waals surface area contributed by atoms with Crippen LogP contribution in [-0.2, 0) is 0 Å². The summed E-state index contributed by atoms with van der Waals surface area (Å²) in [5.74, 6) is -0.00443. The van der Waals surface area contributed by atoms with Crippen LogP contribution in [-0.4, -0.2) is 10.8 Å². The van der Waals surface area contributed by atoms with Crippen molar-refractivity contribution in [1.29, 1.82) is 0 Å². The van der Waals surface area contributed by atoms with Gasteiger partial charge in [0.1, 0.15) is 0 Å². The van der Waals surface area contributed by atoms with Crippen LogP contribution in [0.5, 0.6) is 0 Å². The van der Waals surface area contributed by atoms with E-state index in [1.807, 2.05) is 30.5 Å². The molecular weight excluding hydrogens is 210 g/mol. The van der Waals surface area contributed by atoms with Crippen LogP contribution in [0.4, 0.5) is 0 Å². The Hall–Kier alpha value is -2.35. The van der Waals surface area contributed by atoms with E-state index in [1.165, 1.54) is 0 Å². The number of aromatic nitrogens is 1. The van der Waals surface area contributed by atoms with E-state index in [0.717, 1.165) is 11.3 Å². The lowest BCUT2D eigenvalue weighted by molar-refractivity contribution is 0.104. The number of hydrogen-bond acceptors (Lipinski definition) is 1. The predicted molar refractivity (Wildman–Crippen MR) is 70.7 cm³/mol. The highest BCUT2D eigenvalue weighted by Gasteiger charge is 2.00. The van der Waals surface area contributed by atoms with E-state index in [2.05, 4.69) is 11.6 Å². The second-order valence-corrected chi connectivity index (χ2v) is 3.65. The summed E-state index contributed by atoms with van der Waals surface area (Å²) in [5.41, 5.74) is 2.61. The molecule has 1 heterocycles. The number of nitrogens with one attached hydrogen (secondary N) is 1. The van der Waals surface area contributed by atoms with Crippen molar-refractivity contribution in [1.82, 2.24) is 4.98 Å². The normalized spacial score (nSPS) is 10.6. The predicted octanol–water partition coefficient (Wildman–Crippen LogP) is 3.55. The zero-order chi connectivity index (χ0) is 12.1. The van der Waals surface area contributed by atoms with Crippen LogP contribution >= 0.6 is 0 Å². The van der Waals surface area contributed by atoms with Gasteiger partial charge in [0, 0.05) is 17.5 Å². The molecule has 2 aromatic rings. The molecular formula is C15H13NO. The molecule has 84 valence electrons. The van der Waals surface area contributed by atoms with Crippen LogP contribution in [0.1, 0.15) is 21.6 Å². The first kappa shape index (κ1) is 11.1. The smallest absolute Gasteiger partial charge is 0.185 e. The monoisotopic (exact) mass is 223 g/mol. The topological polar surface area (TPSA) is 32.9 Å². The van der Waals surface area contributed by atoms with Crippen molar-refractivity contribution in [2.24, 2.45) is 0 Å². The Morgan fingerprint density at radius 2 is 1.94 bits per heavy atom. The maximum absolute atomic E-state index is 11.8. The van der Waals surface area contributed by atoms with Gasteiger partial charge in [-0.2, -0.15) is 0 Å². The number of allylic oxidation sites excluding steroid dienone is 1. The van der Waals surface area contributed by atoms with Gasteiger partial charge in [-0.25, -0.2) is 0 Å². The van der Waals surface area contributed by atoms with Crippen molar-refractivity contribution in [3.8, 4) is 0 Å². The van der Waals surface area contributed by atoms with Gasteiger partial charge in [0.15, 0.2) is 5.78 Å². The van der Waals surface area contributed by atoms with Gasteiger partial charge in [-0.3, -0.25) is 4.79 Å². The van der Waals surface area contributed by atoms with E-state index in [4.69, 9.17) is 0 Å². The quantitative estimate of drug-likeness (QED) is 0.624. The van der Waals surface area contributed by atoms with Gasteiger partial charge in [-0.15, -0.1) is 0 Å². The highest BCUT2D eigenvalue weighted by Crippen LogP contribution is 2.08. The lowest BCUT2D eigenvalue weighted by Crippen LogP contribution is -1.93. The largest absolute Gasteiger partial charge is 0.362 e. The van der Waals surface area contributed by atoms with Crippen LogP contribution in [0, 0.1) is 0 Å². The molecule has 0 unspecified atom stereocenters. The van der Waals surface area contributed by atoms with Crippen molar-refractivity contribution in [3.05, 3.63) is 72.1 Å². The van der Waals surface area contributed by atoms with Crippen molar-refractivity contribution in [3.63, 3.8) is 0 Å². The van der Waals surface area contributed by atoms with E-state index in [1.54, 1.807) is 30.4 Å². The molecule has 2 heteroatoms. The molecule has 17 heavy (non-hydrogen) atoms. The highest BCUT2D eigenvalue weighted by atomic mass is 16.1. The number of aromatic amines is 1. The second kappa shape index (κ2) is 5.12. The molecule has 0 saturated carbocycles. The number of ketones is 1. The summed E-state index contributed by atoms with van der Waals surface area (Å²) in [4.78, 5) is 14.8. The minimum absolute atomic E-state index is 0.00443. The van der Waals surface area contributed by atoms with Gasteiger partial charge in [0.2, 0.25) is 0 Å². The van der Waals surface area contributed by atoms with Crippen molar-refractivity contribution < 1.29 is 4.79 Å². The summed E-state index contributed by atoms with van der Waals surface area (Å²) in [7, 11) is 0. The third-order valence-electron chi connectivity index (χ3n) is 2.47. The standard InChI is InChI=1S/C15H13NO/c1-2-12-5-7-13(8-6-12)15(17)10-9-14-4-3-11-16-14/h2-11,16H,1H2.